The number of likely N-dealkylation sites (tertiary alicyclic amines) is 1. The van der Waals surface area contributed by atoms with Gasteiger partial charge in [0.15, 0.2) is 11.4 Å². The summed E-state index contributed by atoms with van der Waals surface area (Å²) in [6.07, 6.45) is 11.2. The lowest BCUT2D eigenvalue weighted by Crippen LogP contribution is -2.42. The fraction of sp³-hybridized carbons (Fsp3) is 0.357. The first-order valence-corrected chi connectivity index (χ1v) is 18.2. The molecule has 53 heavy (non-hydrogen) atoms. The number of aryl methyl sites for hydroxylation is 1. The van der Waals surface area contributed by atoms with Crippen LogP contribution in [0.5, 0.6) is 0 Å². The van der Waals surface area contributed by atoms with Crippen LogP contribution in [0.1, 0.15) is 67.3 Å². The number of rotatable bonds is 12. The quantitative estimate of drug-likeness (QED) is 0.109. The molecule has 4 heterocycles. The van der Waals surface area contributed by atoms with Crippen molar-refractivity contribution in [1.82, 2.24) is 25.2 Å². The van der Waals surface area contributed by atoms with Crippen molar-refractivity contribution in [3.05, 3.63) is 113 Å². The molecule has 1 aliphatic heterocycles. The smallest absolute Gasteiger partial charge is 0.310 e. The van der Waals surface area contributed by atoms with Crippen molar-refractivity contribution in [3.63, 3.8) is 0 Å². The lowest BCUT2D eigenvalue weighted by Gasteiger charge is -2.39. The zero-order chi connectivity index (χ0) is 37.3. The molecule has 4 atom stereocenters. The van der Waals surface area contributed by atoms with E-state index in [1.807, 2.05) is 55.6 Å². The SMILES string of the molecule is CCC(CO)NCc1cnc2c(NC3(c4nc5cc(CN6CC[C@@](C)(C(=O)O)C6)cc(C#N)c5o4)C=CC=C(c4ccccc4C)C3C)nccc2c1. The van der Waals surface area contributed by atoms with Gasteiger partial charge in [-0.1, -0.05) is 50.3 Å². The highest BCUT2D eigenvalue weighted by Crippen LogP contribution is 2.46. The first-order valence-electron chi connectivity index (χ1n) is 18.2. The number of aliphatic hydroxyl groups excluding tert-OH is 1. The highest BCUT2D eigenvalue weighted by molar-refractivity contribution is 5.89. The number of anilines is 1. The zero-order valence-corrected chi connectivity index (χ0v) is 30.6. The fourth-order valence-corrected chi connectivity index (χ4v) is 7.67. The number of benzene rings is 2. The van der Waals surface area contributed by atoms with Gasteiger partial charge in [-0.05, 0) is 91.4 Å². The normalized spacial score (nSPS) is 22.2. The van der Waals surface area contributed by atoms with Crippen LogP contribution >= 0.6 is 0 Å². The maximum atomic E-state index is 11.9. The number of carboxylic acid groups (broad SMARTS) is 1. The predicted octanol–water partition coefficient (Wildman–Crippen LogP) is 6.71. The first kappa shape index (κ1) is 36.0. The number of aliphatic hydroxyl groups is 1. The molecule has 0 radical (unpaired) electrons. The van der Waals surface area contributed by atoms with Crippen molar-refractivity contribution < 1.29 is 19.4 Å². The van der Waals surface area contributed by atoms with Gasteiger partial charge in [-0.3, -0.25) is 14.7 Å². The van der Waals surface area contributed by atoms with E-state index in [4.69, 9.17) is 19.4 Å². The van der Waals surface area contributed by atoms with E-state index in [1.165, 1.54) is 0 Å². The van der Waals surface area contributed by atoms with Crippen LogP contribution in [0.25, 0.3) is 27.6 Å². The lowest BCUT2D eigenvalue weighted by molar-refractivity contribution is -0.147. The first-order chi connectivity index (χ1) is 25.6. The van der Waals surface area contributed by atoms with Gasteiger partial charge in [0.1, 0.15) is 22.6 Å². The van der Waals surface area contributed by atoms with E-state index in [1.54, 1.807) is 13.1 Å². The van der Waals surface area contributed by atoms with Gasteiger partial charge in [0.05, 0.1) is 17.6 Å². The van der Waals surface area contributed by atoms with Crippen molar-refractivity contribution in [1.29, 1.82) is 5.26 Å². The molecule has 0 bridgehead atoms. The molecular weight excluding hydrogens is 667 g/mol. The fourth-order valence-electron chi connectivity index (χ4n) is 7.67. The van der Waals surface area contributed by atoms with Crippen LogP contribution in [0, 0.1) is 29.6 Å². The van der Waals surface area contributed by atoms with Crippen LogP contribution in [-0.4, -0.2) is 61.8 Å². The van der Waals surface area contributed by atoms with Gasteiger partial charge in [0.25, 0.3) is 0 Å². The number of fused-ring (bicyclic) bond motifs is 2. The average Bonchev–Trinajstić information content (AvgIpc) is 3.77. The van der Waals surface area contributed by atoms with E-state index in [2.05, 4.69) is 59.7 Å². The Labute approximate surface area is 309 Å². The van der Waals surface area contributed by atoms with Gasteiger partial charge >= 0.3 is 5.97 Å². The number of carbonyl (C=O) groups is 1. The third-order valence-electron chi connectivity index (χ3n) is 11.0. The Balaban J connectivity index is 1.30. The standard InChI is InChI=1S/C42H45N7O4/c1-5-32(24-50)45-21-29-18-30-12-15-44-38(36(30)46-22-29)48-42(13-8-11-34(27(42)3)33-10-7-6-9-26(33)2)39-47-35-19-28(17-31(20-43)37(35)53-39)23-49-16-14-41(4,25-49)40(51)52/h6-13,15,17-19,22,27,32,45,50H,5,14,16,21,23-25H2,1-4H3,(H,44,48)(H,51,52)/t27?,32?,41-,42?/m1/s1. The van der Waals surface area contributed by atoms with Crippen molar-refractivity contribution in [3.8, 4) is 6.07 Å². The van der Waals surface area contributed by atoms with Gasteiger partial charge in [-0.25, -0.2) is 9.97 Å². The minimum absolute atomic E-state index is 0.0113. The zero-order valence-electron chi connectivity index (χ0n) is 30.6. The van der Waals surface area contributed by atoms with Gasteiger partial charge in [0.2, 0.25) is 5.89 Å². The van der Waals surface area contributed by atoms with Crippen molar-refractivity contribution in [2.75, 3.05) is 25.0 Å². The van der Waals surface area contributed by atoms with Crippen LogP contribution in [0.2, 0.25) is 0 Å². The van der Waals surface area contributed by atoms with Crippen LogP contribution in [0.3, 0.4) is 0 Å². The third kappa shape index (κ3) is 6.81. The highest BCUT2D eigenvalue weighted by atomic mass is 16.4. The molecule has 272 valence electrons. The molecule has 1 fully saturated rings. The Morgan fingerprint density at radius 2 is 2.02 bits per heavy atom. The van der Waals surface area contributed by atoms with E-state index >= 15 is 0 Å². The van der Waals surface area contributed by atoms with Gasteiger partial charge < -0.3 is 25.3 Å². The Morgan fingerprint density at radius 3 is 2.75 bits per heavy atom. The third-order valence-corrected chi connectivity index (χ3v) is 11.0. The second-order valence-corrected chi connectivity index (χ2v) is 14.7. The number of nitrogens with one attached hydrogen (secondary N) is 2. The minimum Gasteiger partial charge on any atom is -0.481 e. The summed E-state index contributed by atoms with van der Waals surface area (Å²) in [6, 6.07) is 18.4. The highest BCUT2D eigenvalue weighted by Gasteiger charge is 2.45. The number of nitriles is 1. The molecule has 0 saturated carbocycles. The number of aromatic nitrogens is 3. The summed E-state index contributed by atoms with van der Waals surface area (Å²) in [5.74, 6) is -0.0597. The Hall–Kier alpha value is -5.41. The molecule has 3 aromatic heterocycles. The average molecular weight is 712 g/mol. The molecule has 4 N–H and O–H groups in total. The summed E-state index contributed by atoms with van der Waals surface area (Å²) < 4.78 is 6.64. The van der Waals surface area contributed by atoms with Crippen LogP contribution in [-0.2, 0) is 23.4 Å². The van der Waals surface area contributed by atoms with Crippen molar-refractivity contribution >= 4 is 39.4 Å². The molecule has 3 unspecified atom stereocenters. The molecule has 2 aliphatic rings. The van der Waals surface area contributed by atoms with Crippen LogP contribution in [0.15, 0.2) is 83.6 Å². The predicted molar refractivity (Wildman–Crippen MR) is 205 cm³/mol. The van der Waals surface area contributed by atoms with Gasteiger partial charge in [-0.15, -0.1) is 0 Å². The molecule has 1 saturated heterocycles. The number of pyridine rings is 2. The minimum atomic E-state index is -1.03. The number of oxazole rings is 1. The second-order valence-electron chi connectivity index (χ2n) is 14.7. The lowest BCUT2D eigenvalue weighted by atomic mass is 9.73. The van der Waals surface area contributed by atoms with Gasteiger partial charge in [-0.2, -0.15) is 5.26 Å². The molecule has 0 spiro atoms. The maximum Gasteiger partial charge on any atom is 0.310 e. The van der Waals surface area contributed by atoms with E-state index in [-0.39, 0.29) is 18.6 Å². The number of hydrogen-bond donors (Lipinski definition) is 4. The summed E-state index contributed by atoms with van der Waals surface area (Å²) in [5, 5.41) is 37.8. The van der Waals surface area contributed by atoms with E-state index in [0.717, 1.165) is 39.6 Å². The molecule has 5 aromatic rings. The number of hydrogen-bond acceptors (Lipinski definition) is 10. The largest absolute Gasteiger partial charge is 0.481 e. The Bertz CT molecular complexity index is 2290. The monoisotopic (exact) mass is 711 g/mol. The molecule has 1 aliphatic carbocycles. The van der Waals surface area contributed by atoms with E-state index in [9.17, 15) is 20.3 Å². The van der Waals surface area contributed by atoms with Crippen LogP contribution in [0.4, 0.5) is 5.82 Å². The summed E-state index contributed by atoms with van der Waals surface area (Å²) in [4.78, 5) is 28.8. The van der Waals surface area contributed by atoms with E-state index < -0.39 is 16.9 Å². The summed E-state index contributed by atoms with van der Waals surface area (Å²) in [7, 11) is 0. The number of nitrogens with zero attached hydrogens (tertiary/aromatic N) is 5. The summed E-state index contributed by atoms with van der Waals surface area (Å²) in [5.41, 5.74) is 5.38. The van der Waals surface area contributed by atoms with E-state index in [0.29, 0.717) is 66.5 Å². The van der Waals surface area contributed by atoms with Crippen molar-refractivity contribution in [2.45, 2.75) is 65.2 Å². The molecule has 11 nitrogen and oxygen atoms in total. The second kappa shape index (κ2) is 14.5. The topological polar surface area (TPSA) is 160 Å². The molecular formula is C42H45N7O4. The number of allylic oxidation sites excluding steroid dienone is 2. The van der Waals surface area contributed by atoms with Crippen molar-refractivity contribution in [2.24, 2.45) is 11.3 Å². The molecule has 2 aromatic carbocycles. The number of carboxylic acids is 1. The molecule has 0 amide bonds. The summed E-state index contributed by atoms with van der Waals surface area (Å²) in [6.45, 7) is 10.3. The molecule has 7 rings (SSSR count). The maximum absolute atomic E-state index is 11.9. The summed E-state index contributed by atoms with van der Waals surface area (Å²) >= 11 is 0. The molecule has 11 heteroatoms. The van der Waals surface area contributed by atoms with Crippen LogP contribution < -0.4 is 10.6 Å². The Kier molecular flexibility index (Phi) is 9.87. The number of aliphatic carboxylic acids is 1. The van der Waals surface area contributed by atoms with Gasteiger partial charge in [0, 0.05) is 49.4 Å². The Morgan fingerprint density at radius 1 is 1.19 bits per heavy atom.